The third-order valence-electron chi connectivity index (χ3n) is 1.55. The van der Waals surface area contributed by atoms with E-state index in [-0.39, 0.29) is 11.3 Å². The highest BCUT2D eigenvalue weighted by Gasteiger charge is 2.05. The fourth-order valence-electron chi connectivity index (χ4n) is 0.841. The Labute approximate surface area is 68.8 Å². The van der Waals surface area contributed by atoms with Crippen LogP contribution in [0, 0.1) is 11.8 Å². The van der Waals surface area contributed by atoms with Crippen molar-refractivity contribution in [2.75, 3.05) is 0 Å². The van der Waals surface area contributed by atoms with Gasteiger partial charge in [-0.05, 0) is 29.8 Å². The van der Waals surface area contributed by atoms with Crippen molar-refractivity contribution in [2.24, 2.45) is 5.18 Å². The predicted molar refractivity (Wildman–Crippen MR) is 43.6 cm³/mol. The van der Waals surface area contributed by atoms with Crippen LogP contribution in [0.5, 0.6) is 0 Å². The molecule has 0 spiro atoms. The second-order valence-electron chi connectivity index (χ2n) is 2.40. The molecule has 0 saturated heterocycles. The number of aromatic carboxylic acids is 1. The van der Waals surface area contributed by atoms with E-state index in [2.05, 4.69) is 5.18 Å². The summed E-state index contributed by atoms with van der Waals surface area (Å²) < 4.78 is 0. The normalized spacial score (nSPS) is 9.42. The van der Waals surface area contributed by atoms with Crippen molar-refractivity contribution >= 4 is 11.7 Å². The molecule has 0 fully saturated rings. The van der Waals surface area contributed by atoms with Crippen molar-refractivity contribution in [1.29, 1.82) is 0 Å². The van der Waals surface area contributed by atoms with E-state index in [4.69, 9.17) is 5.11 Å². The first-order valence-electron chi connectivity index (χ1n) is 3.32. The fourth-order valence-corrected chi connectivity index (χ4v) is 0.841. The number of aryl methyl sites for hydroxylation is 1. The third kappa shape index (κ3) is 1.47. The van der Waals surface area contributed by atoms with Gasteiger partial charge in [0.2, 0.25) is 0 Å². The van der Waals surface area contributed by atoms with Crippen LogP contribution in [0.4, 0.5) is 5.69 Å². The average Bonchev–Trinajstić information content (AvgIpc) is 2.05. The molecular weight excluding hydrogens is 158 g/mol. The Kier molecular flexibility index (Phi) is 2.19. The standard InChI is InChI=1S/C8H7NO3/c1-5-2-3-6(8(10)11)4-7(5)9-12/h2-4H,1H3,(H,10,11). The van der Waals surface area contributed by atoms with Gasteiger partial charge in [0.25, 0.3) is 0 Å². The van der Waals surface area contributed by atoms with Crippen molar-refractivity contribution in [3.8, 4) is 0 Å². The Hall–Kier alpha value is -1.71. The molecule has 0 aliphatic heterocycles. The first-order valence-corrected chi connectivity index (χ1v) is 3.32. The predicted octanol–water partition coefficient (Wildman–Crippen LogP) is 2.09. The van der Waals surface area contributed by atoms with Gasteiger partial charge in [-0.15, -0.1) is 4.91 Å². The van der Waals surface area contributed by atoms with Gasteiger partial charge in [-0.3, -0.25) is 0 Å². The number of nitrogens with zero attached hydrogens (tertiary/aromatic N) is 1. The summed E-state index contributed by atoms with van der Waals surface area (Å²) in [5.41, 5.74) is 0.931. The summed E-state index contributed by atoms with van der Waals surface area (Å²) in [5.74, 6) is -1.06. The smallest absolute Gasteiger partial charge is 0.335 e. The van der Waals surface area contributed by atoms with Crippen molar-refractivity contribution < 1.29 is 9.90 Å². The molecule has 12 heavy (non-hydrogen) atoms. The zero-order chi connectivity index (χ0) is 9.14. The summed E-state index contributed by atoms with van der Waals surface area (Å²) in [6.45, 7) is 1.70. The number of carboxylic acid groups (broad SMARTS) is 1. The van der Waals surface area contributed by atoms with E-state index in [0.717, 1.165) is 0 Å². The third-order valence-corrected chi connectivity index (χ3v) is 1.55. The van der Waals surface area contributed by atoms with Crippen molar-refractivity contribution in [3.05, 3.63) is 34.2 Å². The van der Waals surface area contributed by atoms with E-state index in [9.17, 15) is 9.70 Å². The average molecular weight is 165 g/mol. The summed E-state index contributed by atoms with van der Waals surface area (Å²) in [7, 11) is 0. The first kappa shape index (κ1) is 8.39. The Morgan fingerprint density at radius 3 is 2.67 bits per heavy atom. The quantitative estimate of drug-likeness (QED) is 0.682. The Balaban J connectivity index is 3.22. The number of rotatable bonds is 2. The van der Waals surface area contributed by atoms with E-state index < -0.39 is 5.97 Å². The molecule has 0 unspecified atom stereocenters. The van der Waals surface area contributed by atoms with E-state index >= 15 is 0 Å². The van der Waals surface area contributed by atoms with Crippen molar-refractivity contribution in [3.63, 3.8) is 0 Å². The molecule has 4 nitrogen and oxygen atoms in total. The lowest BCUT2D eigenvalue weighted by Gasteiger charge is -1.97. The van der Waals surface area contributed by atoms with Crippen molar-refractivity contribution in [1.82, 2.24) is 0 Å². The molecule has 0 heterocycles. The van der Waals surface area contributed by atoms with Crippen LogP contribution < -0.4 is 0 Å². The molecule has 0 aliphatic carbocycles. The highest BCUT2D eigenvalue weighted by molar-refractivity contribution is 5.88. The highest BCUT2D eigenvalue weighted by Crippen LogP contribution is 2.19. The molecule has 1 rings (SSSR count). The molecular formula is C8H7NO3. The molecule has 0 saturated carbocycles. The topological polar surface area (TPSA) is 66.7 Å². The van der Waals surface area contributed by atoms with E-state index in [1.165, 1.54) is 12.1 Å². The maximum Gasteiger partial charge on any atom is 0.335 e. The lowest BCUT2D eigenvalue weighted by atomic mass is 10.1. The van der Waals surface area contributed by atoms with Crippen LogP contribution >= 0.6 is 0 Å². The van der Waals surface area contributed by atoms with Crippen molar-refractivity contribution in [2.45, 2.75) is 6.92 Å². The molecule has 0 aromatic heterocycles. The van der Waals surface area contributed by atoms with Gasteiger partial charge >= 0.3 is 5.97 Å². The zero-order valence-corrected chi connectivity index (χ0v) is 6.44. The second-order valence-corrected chi connectivity index (χ2v) is 2.40. The molecule has 4 heteroatoms. The number of carboxylic acids is 1. The maximum absolute atomic E-state index is 10.4. The molecule has 1 aromatic rings. The maximum atomic E-state index is 10.4. The van der Waals surface area contributed by atoms with Crippen LogP contribution in [0.1, 0.15) is 15.9 Å². The van der Waals surface area contributed by atoms with Crippen LogP contribution in [0.15, 0.2) is 23.4 Å². The van der Waals surface area contributed by atoms with Gasteiger partial charge in [0, 0.05) is 0 Å². The molecule has 0 amide bonds. The molecule has 0 aliphatic rings. The van der Waals surface area contributed by atoms with E-state index in [1.807, 2.05) is 0 Å². The Bertz CT molecular complexity index is 333. The van der Waals surface area contributed by atoms with Gasteiger partial charge in [0.15, 0.2) is 0 Å². The first-order chi connectivity index (χ1) is 5.65. The van der Waals surface area contributed by atoms with E-state index in [0.29, 0.717) is 5.56 Å². The van der Waals surface area contributed by atoms with Gasteiger partial charge in [-0.25, -0.2) is 4.79 Å². The number of carbonyl (C=O) groups is 1. The minimum absolute atomic E-state index is 0.0789. The Morgan fingerprint density at radius 1 is 1.50 bits per heavy atom. The molecule has 0 bridgehead atoms. The lowest BCUT2D eigenvalue weighted by molar-refractivity contribution is 0.0697. The van der Waals surface area contributed by atoms with Gasteiger partial charge in [0.1, 0.15) is 5.69 Å². The molecule has 0 radical (unpaired) electrons. The van der Waals surface area contributed by atoms with Gasteiger partial charge in [-0.2, -0.15) is 0 Å². The highest BCUT2D eigenvalue weighted by atomic mass is 16.4. The fraction of sp³-hybridized carbons (Fsp3) is 0.125. The summed E-state index contributed by atoms with van der Waals surface area (Å²) in [6, 6.07) is 4.25. The minimum Gasteiger partial charge on any atom is -0.478 e. The largest absolute Gasteiger partial charge is 0.478 e. The van der Waals surface area contributed by atoms with Gasteiger partial charge in [0.05, 0.1) is 5.56 Å². The van der Waals surface area contributed by atoms with Crippen LogP contribution in [0.3, 0.4) is 0 Å². The van der Waals surface area contributed by atoms with Crippen LogP contribution in [0.25, 0.3) is 0 Å². The number of hydrogen-bond donors (Lipinski definition) is 1. The zero-order valence-electron chi connectivity index (χ0n) is 6.44. The number of nitroso groups, excluding NO2 is 1. The summed E-state index contributed by atoms with van der Waals surface area (Å²) in [5, 5.41) is 11.3. The van der Waals surface area contributed by atoms with E-state index in [1.54, 1.807) is 13.0 Å². The molecule has 62 valence electrons. The SMILES string of the molecule is Cc1ccc(C(=O)O)cc1N=O. The summed E-state index contributed by atoms with van der Waals surface area (Å²) >= 11 is 0. The van der Waals surface area contributed by atoms with Crippen LogP contribution in [-0.2, 0) is 0 Å². The molecule has 1 N–H and O–H groups in total. The number of hydrogen-bond acceptors (Lipinski definition) is 3. The molecule has 1 aromatic carbocycles. The summed E-state index contributed by atoms with van der Waals surface area (Å²) in [6.07, 6.45) is 0. The van der Waals surface area contributed by atoms with Crippen LogP contribution in [0.2, 0.25) is 0 Å². The molecule has 0 atom stereocenters. The number of benzene rings is 1. The monoisotopic (exact) mass is 165 g/mol. The second kappa shape index (κ2) is 3.13. The van der Waals surface area contributed by atoms with Gasteiger partial charge in [-0.1, -0.05) is 6.07 Å². The Morgan fingerprint density at radius 2 is 2.17 bits per heavy atom. The minimum atomic E-state index is -1.06. The lowest BCUT2D eigenvalue weighted by Crippen LogP contribution is -1.95. The summed E-state index contributed by atoms with van der Waals surface area (Å²) in [4.78, 5) is 20.6. The van der Waals surface area contributed by atoms with Crippen LogP contribution in [-0.4, -0.2) is 11.1 Å². The van der Waals surface area contributed by atoms with Gasteiger partial charge < -0.3 is 5.11 Å².